The first-order valence-electron chi connectivity index (χ1n) is 4.74. The number of hydrogen-bond donors (Lipinski definition) is 1. The van der Waals surface area contributed by atoms with Crippen LogP contribution in [-0.2, 0) is 4.79 Å². The molecule has 0 saturated heterocycles. The molecule has 1 N–H and O–H groups in total. The Kier molecular flexibility index (Phi) is 4.56. The molecule has 3 heteroatoms. The fourth-order valence-electron chi connectivity index (χ4n) is 1.26. The Balaban J connectivity index is 2.96. The summed E-state index contributed by atoms with van der Waals surface area (Å²) in [4.78, 5) is 11.3. The van der Waals surface area contributed by atoms with Crippen molar-refractivity contribution in [3.63, 3.8) is 0 Å². The van der Waals surface area contributed by atoms with E-state index in [2.05, 4.69) is 21.2 Å². The highest BCUT2D eigenvalue weighted by atomic mass is 79.9. The SMILES string of the molecule is CC(C)=C(NC(=O)CBr)c1ccccc1. The molecule has 0 saturated carbocycles. The van der Waals surface area contributed by atoms with Gasteiger partial charge in [-0.2, -0.15) is 0 Å². The van der Waals surface area contributed by atoms with Gasteiger partial charge in [-0.05, 0) is 19.4 Å². The zero-order valence-corrected chi connectivity index (χ0v) is 10.5. The number of carbonyl (C=O) groups excluding carboxylic acids is 1. The number of carbonyl (C=O) groups is 1. The minimum absolute atomic E-state index is 0.0324. The molecule has 2 nitrogen and oxygen atoms in total. The fourth-order valence-corrected chi connectivity index (χ4v) is 1.40. The summed E-state index contributed by atoms with van der Waals surface area (Å²) in [6.45, 7) is 3.97. The average molecular weight is 268 g/mol. The second-order valence-corrected chi connectivity index (χ2v) is 3.98. The van der Waals surface area contributed by atoms with Crippen molar-refractivity contribution < 1.29 is 4.79 Å². The first-order chi connectivity index (χ1) is 7.15. The summed E-state index contributed by atoms with van der Waals surface area (Å²) in [7, 11) is 0. The highest BCUT2D eigenvalue weighted by molar-refractivity contribution is 9.09. The van der Waals surface area contributed by atoms with Crippen LogP contribution in [0.25, 0.3) is 5.70 Å². The monoisotopic (exact) mass is 267 g/mol. The minimum atomic E-state index is -0.0324. The summed E-state index contributed by atoms with van der Waals surface area (Å²) in [5, 5.41) is 3.19. The maximum absolute atomic E-state index is 11.3. The van der Waals surface area contributed by atoms with Crippen molar-refractivity contribution in [2.45, 2.75) is 13.8 Å². The topological polar surface area (TPSA) is 29.1 Å². The molecule has 80 valence electrons. The van der Waals surface area contributed by atoms with Crippen molar-refractivity contribution in [1.29, 1.82) is 0 Å². The summed E-state index contributed by atoms with van der Waals surface area (Å²) in [5.41, 5.74) is 3.02. The predicted molar refractivity (Wildman–Crippen MR) is 66.6 cm³/mol. The van der Waals surface area contributed by atoms with Gasteiger partial charge in [0.05, 0.1) is 5.33 Å². The number of nitrogens with one attached hydrogen (secondary N) is 1. The van der Waals surface area contributed by atoms with Crippen molar-refractivity contribution in [3.05, 3.63) is 41.5 Å². The molecule has 0 heterocycles. The third-order valence-electron chi connectivity index (χ3n) is 1.95. The molecular formula is C12H14BrNO. The van der Waals surface area contributed by atoms with E-state index in [0.29, 0.717) is 5.33 Å². The van der Waals surface area contributed by atoms with Crippen molar-refractivity contribution in [1.82, 2.24) is 5.32 Å². The van der Waals surface area contributed by atoms with Crippen molar-refractivity contribution in [2.75, 3.05) is 5.33 Å². The lowest BCUT2D eigenvalue weighted by atomic mass is 10.1. The molecule has 0 bridgehead atoms. The predicted octanol–water partition coefficient (Wildman–Crippen LogP) is 2.95. The highest BCUT2D eigenvalue weighted by Crippen LogP contribution is 2.15. The van der Waals surface area contributed by atoms with E-state index < -0.39 is 0 Å². The van der Waals surface area contributed by atoms with Gasteiger partial charge in [-0.3, -0.25) is 4.79 Å². The van der Waals surface area contributed by atoms with Crippen LogP contribution < -0.4 is 5.32 Å². The van der Waals surface area contributed by atoms with Crippen LogP contribution >= 0.6 is 15.9 Å². The lowest BCUT2D eigenvalue weighted by molar-refractivity contribution is -0.117. The molecule has 0 atom stereocenters. The third-order valence-corrected chi connectivity index (χ3v) is 2.46. The molecular weight excluding hydrogens is 254 g/mol. The summed E-state index contributed by atoms with van der Waals surface area (Å²) < 4.78 is 0. The van der Waals surface area contributed by atoms with E-state index in [4.69, 9.17) is 0 Å². The summed E-state index contributed by atoms with van der Waals surface area (Å²) in [5.74, 6) is -0.0324. The van der Waals surface area contributed by atoms with Gasteiger partial charge in [0, 0.05) is 5.70 Å². The Morgan fingerprint density at radius 1 is 1.27 bits per heavy atom. The van der Waals surface area contributed by atoms with Gasteiger partial charge in [-0.15, -0.1) is 0 Å². The molecule has 0 aromatic heterocycles. The molecule has 0 aliphatic rings. The van der Waals surface area contributed by atoms with Gasteiger partial charge in [0.1, 0.15) is 0 Å². The molecule has 1 amide bonds. The van der Waals surface area contributed by atoms with Gasteiger partial charge in [0.15, 0.2) is 0 Å². The maximum atomic E-state index is 11.3. The number of hydrogen-bond acceptors (Lipinski definition) is 1. The Bertz CT molecular complexity index is 366. The molecule has 1 aromatic rings. The molecule has 0 unspecified atom stereocenters. The van der Waals surface area contributed by atoms with E-state index in [0.717, 1.165) is 16.8 Å². The van der Waals surface area contributed by atoms with Crippen LogP contribution in [0.2, 0.25) is 0 Å². The number of alkyl halides is 1. The van der Waals surface area contributed by atoms with Crippen molar-refractivity contribution in [2.24, 2.45) is 0 Å². The molecule has 1 aromatic carbocycles. The number of rotatable bonds is 3. The van der Waals surface area contributed by atoms with E-state index >= 15 is 0 Å². The maximum Gasteiger partial charge on any atom is 0.235 e. The molecule has 0 radical (unpaired) electrons. The molecule has 1 rings (SSSR count). The van der Waals surface area contributed by atoms with Crippen molar-refractivity contribution >= 4 is 27.5 Å². The standard InChI is InChI=1S/C12H14BrNO/c1-9(2)12(14-11(15)8-13)10-6-4-3-5-7-10/h3-7H,8H2,1-2H3,(H,14,15). The van der Waals surface area contributed by atoms with E-state index in [1.54, 1.807) is 0 Å². The van der Waals surface area contributed by atoms with Crippen LogP contribution in [0.15, 0.2) is 35.9 Å². The summed E-state index contributed by atoms with van der Waals surface area (Å²) in [6, 6.07) is 9.84. The minimum Gasteiger partial charge on any atom is -0.325 e. The van der Waals surface area contributed by atoms with Gasteiger partial charge in [-0.25, -0.2) is 0 Å². The first kappa shape index (κ1) is 12.0. The van der Waals surface area contributed by atoms with Crippen LogP contribution in [0.1, 0.15) is 19.4 Å². The fraction of sp³-hybridized carbons (Fsp3) is 0.250. The van der Waals surface area contributed by atoms with Gasteiger partial charge in [-0.1, -0.05) is 51.8 Å². The first-order valence-corrected chi connectivity index (χ1v) is 5.86. The van der Waals surface area contributed by atoms with Gasteiger partial charge < -0.3 is 5.32 Å². The summed E-state index contributed by atoms with van der Waals surface area (Å²) >= 11 is 3.13. The Labute approximate surface area is 98.5 Å². The Morgan fingerprint density at radius 2 is 1.87 bits per heavy atom. The van der Waals surface area contributed by atoms with Crippen LogP contribution in [0.3, 0.4) is 0 Å². The lowest BCUT2D eigenvalue weighted by Gasteiger charge is -2.11. The third kappa shape index (κ3) is 3.51. The van der Waals surface area contributed by atoms with Gasteiger partial charge in [0.25, 0.3) is 0 Å². The van der Waals surface area contributed by atoms with Crippen LogP contribution in [0, 0.1) is 0 Å². The van der Waals surface area contributed by atoms with Crippen LogP contribution in [-0.4, -0.2) is 11.2 Å². The van der Waals surface area contributed by atoms with E-state index in [1.165, 1.54) is 0 Å². The van der Waals surface area contributed by atoms with Crippen LogP contribution in [0.4, 0.5) is 0 Å². The molecule has 0 fully saturated rings. The van der Waals surface area contributed by atoms with E-state index in [-0.39, 0.29) is 5.91 Å². The van der Waals surface area contributed by atoms with Crippen LogP contribution in [0.5, 0.6) is 0 Å². The smallest absolute Gasteiger partial charge is 0.235 e. The molecule has 15 heavy (non-hydrogen) atoms. The quantitative estimate of drug-likeness (QED) is 0.839. The molecule has 0 aliphatic carbocycles. The largest absolute Gasteiger partial charge is 0.325 e. The van der Waals surface area contributed by atoms with Crippen molar-refractivity contribution in [3.8, 4) is 0 Å². The number of halogens is 1. The second-order valence-electron chi connectivity index (χ2n) is 3.42. The van der Waals surface area contributed by atoms with Gasteiger partial charge in [0.2, 0.25) is 5.91 Å². The molecule has 0 spiro atoms. The Morgan fingerprint density at radius 3 is 2.33 bits per heavy atom. The zero-order valence-electron chi connectivity index (χ0n) is 8.88. The number of benzene rings is 1. The zero-order chi connectivity index (χ0) is 11.3. The lowest BCUT2D eigenvalue weighted by Crippen LogP contribution is -2.23. The molecule has 0 aliphatic heterocycles. The Hall–Kier alpha value is -1.09. The number of allylic oxidation sites excluding steroid dienone is 1. The second kappa shape index (κ2) is 5.71. The summed E-state index contributed by atoms with van der Waals surface area (Å²) in [6.07, 6.45) is 0. The van der Waals surface area contributed by atoms with E-state index in [9.17, 15) is 4.79 Å². The van der Waals surface area contributed by atoms with Gasteiger partial charge >= 0.3 is 0 Å². The average Bonchev–Trinajstić information content (AvgIpc) is 2.26. The normalized spacial score (nSPS) is 9.53. The highest BCUT2D eigenvalue weighted by Gasteiger charge is 2.06. The number of amides is 1. The van der Waals surface area contributed by atoms with E-state index in [1.807, 2.05) is 44.2 Å².